The first-order valence-electron chi connectivity index (χ1n) is 5.75. The summed E-state index contributed by atoms with van der Waals surface area (Å²) in [6.07, 6.45) is 7.83. The number of aliphatic hydroxyl groups is 1. The fourth-order valence-electron chi connectivity index (χ4n) is 2.21. The molecular formula is C12H24O. The quantitative estimate of drug-likeness (QED) is 0.713. The van der Waals surface area contributed by atoms with Gasteiger partial charge in [-0.15, -0.1) is 0 Å². The molecule has 0 amide bonds. The minimum atomic E-state index is -0.442. The van der Waals surface area contributed by atoms with Crippen LogP contribution in [0.2, 0.25) is 0 Å². The molecule has 1 unspecified atom stereocenters. The van der Waals surface area contributed by atoms with Crippen LogP contribution in [0.1, 0.15) is 59.3 Å². The van der Waals surface area contributed by atoms with Crippen LogP contribution in [-0.2, 0) is 0 Å². The highest BCUT2D eigenvalue weighted by atomic mass is 16.3. The molecule has 1 atom stereocenters. The van der Waals surface area contributed by atoms with Crippen LogP contribution in [-0.4, -0.2) is 10.7 Å². The lowest BCUT2D eigenvalue weighted by Gasteiger charge is -2.33. The third-order valence-corrected chi connectivity index (χ3v) is 3.67. The zero-order valence-corrected chi connectivity index (χ0v) is 9.34. The lowest BCUT2D eigenvalue weighted by Crippen LogP contribution is -2.34. The topological polar surface area (TPSA) is 20.2 Å². The highest BCUT2D eigenvalue weighted by Gasteiger charge is 2.29. The first-order chi connectivity index (χ1) is 6.02. The van der Waals surface area contributed by atoms with Crippen molar-refractivity contribution in [3.05, 3.63) is 0 Å². The fourth-order valence-corrected chi connectivity index (χ4v) is 2.21. The Kier molecular flexibility index (Phi) is 3.78. The Morgan fingerprint density at radius 2 is 1.77 bits per heavy atom. The van der Waals surface area contributed by atoms with Crippen LogP contribution in [0.25, 0.3) is 0 Å². The molecule has 1 nitrogen and oxygen atoms in total. The second-order valence-electron chi connectivity index (χ2n) is 5.22. The second-order valence-corrected chi connectivity index (χ2v) is 5.22. The third-order valence-electron chi connectivity index (χ3n) is 3.67. The first kappa shape index (κ1) is 11.0. The predicted molar refractivity (Wildman–Crippen MR) is 56.7 cm³/mol. The zero-order chi connectivity index (χ0) is 9.90. The van der Waals surface area contributed by atoms with E-state index in [1.165, 1.54) is 32.1 Å². The van der Waals surface area contributed by atoms with Gasteiger partial charge in [0.05, 0.1) is 5.60 Å². The molecule has 1 aliphatic rings. The molecule has 0 aromatic heterocycles. The summed E-state index contributed by atoms with van der Waals surface area (Å²) < 4.78 is 0. The molecule has 0 heterocycles. The molecule has 0 aromatic rings. The van der Waals surface area contributed by atoms with Crippen molar-refractivity contribution in [3.63, 3.8) is 0 Å². The van der Waals surface area contributed by atoms with Gasteiger partial charge in [0.2, 0.25) is 0 Å². The molecule has 0 saturated heterocycles. The molecule has 1 aliphatic carbocycles. The summed E-state index contributed by atoms with van der Waals surface area (Å²) in [4.78, 5) is 0. The van der Waals surface area contributed by atoms with Gasteiger partial charge in [-0.3, -0.25) is 0 Å². The van der Waals surface area contributed by atoms with Crippen LogP contribution in [0.4, 0.5) is 0 Å². The number of hydrogen-bond acceptors (Lipinski definition) is 1. The van der Waals surface area contributed by atoms with E-state index >= 15 is 0 Å². The Hall–Kier alpha value is -0.0400. The van der Waals surface area contributed by atoms with Crippen molar-refractivity contribution in [2.45, 2.75) is 64.9 Å². The Morgan fingerprint density at radius 3 is 2.23 bits per heavy atom. The Labute approximate surface area is 82.5 Å². The van der Waals surface area contributed by atoms with Crippen LogP contribution in [0.5, 0.6) is 0 Å². The fraction of sp³-hybridized carbons (Fsp3) is 1.00. The number of hydrogen-bond donors (Lipinski definition) is 1. The maximum atomic E-state index is 10.1. The van der Waals surface area contributed by atoms with Gasteiger partial charge in [0.15, 0.2) is 0 Å². The molecule has 1 heteroatoms. The minimum Gasteiger partial charge on any atom is -0.390 e. The Bertz CT molecular complexity index is 143. The minimum absolute atomic E-state index is 0.384. The molecule has 0 spiro atoms. The van der Waals surface area contributed by atoms with Gasteiger partial charge >= 0.3 is 0 Å². The highest BCUT2D eigenvalue weighted by molar-refractivity contribution is 4.81. The predicted octanol–water partition coefficient (Wildman–Crippen LogP) is 3.36. The van der Waals surface area contributed by atoms with Gasteiger partial charge in [0.1, 0.15) is 0 Å². The maximum absolute atomic E-state index is 10.1. The standard InChI is InChI=1S/C12H24O/c1-10(2)12(3,13)9-11-7-5-4-6-8-11/h10-11,13H,4-9H2,1-3H3. The van der Waals surface area contributed by atoms with Gasteiger partial charge in [-0.25, -0.2) is 0 Å². The second kappa shape index (κ2) is 4.45. The van der Waals surface area contributed by atoms with Gasteiger partial charge in [0, 0.05) is 0 Å². The van der Waals surface area contributed by atoms with E-state index in [0.29, 0.717) is 5.92 Å². The van der Waals surface area contributed by atoms with Crippen molar-refractivity contribution in [2.75, 3.05) is 0 Å². The summed E-state index contributed by atoms with van der Waals surface area (Å²) >= 11 is 0. The molecule has 0 aromatic carbocycles. The molecule has 13 heavy (non-hydrogen) atoms. The van der Waals surface area contributed by atoms with E-state index in [0.717, 1.165) is 12.3 Å². The molecule has 1 saturated carbocycles. The van der Waals surface area contributed by atoms with Gasteiger partial charge in [-0.2, -0.15) is 0 Å². The van der Waals surface area contributed by atoms with E-state index < -0.39 is 5.60 Å². The summed E-state index contributed by atoms with van der Waals surface area (Å²) in [5.74, 6) is 1.17. The highest BCUT2D eigenvalue weighted by Crippen LogP contribution is 2.33. The lowest BCUT2D eigenvalue weighted by molar-refractivity contribution is -0.0137. The van der Waals surface area contributed by atoms with Crippen LogP contribution < -0.4 is 0 Å². The molecule has 1 rings (SSSR count). The van der Waals surface area contributed by atoms with Gasteiger partial charge in [-0.1, -0.05) is 46.0 Å². The summed E-state index contributed by atoms with van der Waals surface area (Å²) in [5, 5.41) is 10.1. The molecule has 1 N–H and O–H groups in total. The Morgan fingerprint density at radius 1 is 1.23 bits per heavy atom. The van der Waals surface area contributed by atoms with Crippen LogP contribution in [0.3, 0.4) is 0 Å². The van der Waals surface area contributed by atoms with Crippen molar-refractivity contribution in [1.29, 1.82) is 0 Å². The maximum Gasteiger partial charge on any atom is 0.0645 e. The van der Waals surface area contributed by atoms with Crippen molar-refractivity contribution in [3.8, 4) is 0 Å². The SMILES string of the molecule is CC(C)C(C)(O)CC1CCCCC1. The normalized spacial score (nSPS) is 24.7. The lowest BCUT2D eigenvalue weighted by atomic mass is 9.77. The van der Waals surface area contributed by atoms with E-state index in [1.54, 1.807) is 0 Å². The molecule has 1 fully saturated rings. The summed E-state index contributed by atoms with van der Waals surface area (Å²) in [5.41, 5.74) is -0.442. The van der Waals surface area contributed by atoms with Crippen molar-refractivity contribution < 1.29 is 5.11 Å². The van der Waals surface area contributed by atoms with E-state index in [4.69, 9.17) is 0 Å². The summed E-state index contributed by atoms with van der Waals surface area (Å²) in [7, 11) is 0. The van der Waals surface area contributed by atoms with Gasteiger partial charge in [0.25, 0.3) is 0 Å². The smallest absolute Gasteiger partial charge is 0.0645 e. The van der Waals surface area contributed by atoms with Crippen molar-refractivity contribution >= 4 is 0 Å². The molecule has 0 bridgehead atoms. The molecule has 78 valence electrons. The molecule has 0 radical (unpaired) electrons. The first-order valence-corrected chi connectivity index (χ1v) is 5.75. The van der Waals surface area contributed by atoms with Crippen molar-refractivity contribution in [1.82, 2.24) is 0 Å². The average Bonchev–Trinajstić information content (AvgIpc) is 2.05. The van der Waals surface area contributed by atoms with Crippen LogP contribution in [0.15, 0.2) is 0 Å². The average molecular weight is 184 g/mol. The molecule has 0 aliphatic heterocycles. The van der Waals surface area contributed by atoms with E-state index in [9.17, 15) is 5.11 Å². The van der Waals surface area contributed by atoms with E-state index in [2.05, 4.69) is 13.8 Å². The summed E-state index contributed by atoms with van der Waals surface area (Å²) in [6.45, 7) is 6.22. The van der Waals surface area contributed by atoms with E-state index in [1.807, 2.05) is 6.92 Å². The largest absolute Gasteiger partial charge is 0.390 e. The zero-order valence-electron chi connectivity index (χ0n) is 9.34. The third kappa shape index (κ3) is 3.30. The van der Waals surface area contributed by atoms with Crippen LogP contribution >= 0.6 is 0 Å². The Balaban J connectivity index is 2.37. The van der Waals surface area contributed by atoms with Crippen LogP contribution in [0, 0.1) is 11.8 Å². The van der Waals surface area contributed by atoms with Gasteiger partial charge in [-0.05, 0) is 25.2 Å². The van der Waals surface area contributed by atoms with Gasteiger partial charge < -0.3 is 5.11 Å². The molecular weight excluding hydrogens is 160 g/mol. The summed E-state index contributed by atoms with van der Waals surface area (Å²) in [6, 6.07) is 0. The van der Waals surface area contributed by atoms with Crippen molar-refractivity contribution in [2.24, 2.45) is 11.8 Å². The monoisotopic (exact) mass is 184 g/mol. The van der Waals surface area contributed by atoms with E-state index in [-0.39, 0.29) is 0 Å². The number of rotatable bonds is 3.